The van der Waals surface area contributed by atoms with Crippen molar-refractivity contribution in [1.82, 2.24) is 4.31 Å². The topological polar surface area (TPSA) is 74.3 Å². The number of hydrogen-bond donors (Lipinski definition) is 0. The number of aryl methyl sites for hydroxylation is 1. The van der Waals surface area contributed by atoms with E-state index in [4.69, 9.17) is 4.42 Å². The summed E-state index contributed by atoms with van der Waals surface area (Å²) in [5.41, 5.74) is 0.886. The van der Waals surface area contributed by atoms with Gasteiger partial charge in [0.1, 0.15) is 16.7 Å². The summed E-state index contributed by atoms with van der Waals surface area (Å²) < 4.78 is 33.2. The highest BCUT2D eigenvalue weighted by atomic mass is 32.2. The zero-order chi connectivity index (χ0) is 16.4. The van der Waals surface area contributed by atoms with Crippen molar-refractivity contribution in [2.45, 2.75) is 37.1 Å². The first kappa shape index (κ1) is 15.8. The molecule has 1 atom stereocenters. The van der Waals surface area contributed by atoms with E-state index < -0.39 is 10.0 Å². The molecule has 2 aromatic rings. The van der Waals surface area contributed by atoms with Crippen LogP contribution in [0.5, 0.6) is 0 Å². The Balaban J connectivity index is 2.08. The van der Waals surface area contributed by atoms with Crippen LogP contribution in [0.3, 0.4) is 0 Å². The lowest BCUT2D eigenvalue weighted by Crippen LogP contribution is -2.38. The minimum absolute atomic E-state index is 0.0819. The van der Waals surface area contributed by atoms with Gasteiger partial charge in [0.25, 0.3) is 0 Å². The minimum Gasteiger partial charge on any atom is -0.468 e. The van der Waals surface area contributed by atoms with Gasteiger partial charge in [-0.05, 0) is 43.5 Å². The monoisotopic (exact) mass is 330 g/mol. The number of nitriles is 1. The van der Waals surface area contributed by atoms with Crippen LogP contribution < -0.4 is 0 Å². The number of nitrogens with zero attached hydrogens (tertiary/aromatic N) is 2. The first-order valence-electron chi connectivity index (χ1n) is 7.60. The Morgan fingerprint density at radius 2 is 2.09 bits per heavy atom. The fourth-order valence-corrected chi connectivity index (χ4v) is 4.96. The Morgan fingerprint density at radius 1 is 1.26 bits per heavy atom. The molecule has 1 unspecified atom stereocenters. The Labute approximate surface area is 136 Å². The molecular weight excluding hydrogens is 312 g/mol. The number of sulfonamides is 1. The Bertz CT molecular complexity index is 835. The largest absolute Gasteiger partial charge is 0.468 e. The molecule has 23 heavy (non-hydrogen) atoms. The third-order valence-corrected chi connectivity index (χ3v) is 6.21. The Morgan fingerprint density at radius 3 is 2.78 bits per heavy atom. The average molecular weight is 330 g/mol. The van der Waals surface area contributed by atoms with Crippen LogP contribution in [0.2, 0.25) is 0 Å². The standard InChI is InChI=1S/C17H18N2O3S/c1-13-6-4-9-17(14(13)12-18)23(20,21)19-10-3-2-7-15(19)16-8-5-11-22-16/h4-6,8-9,11,15H,2-3,7,10H2,1H3. The van der Waals surface area contributed by atoms with Gasteiger partial charge in [-0.25, -0.2) is 8.42 Å². The predicted octanol–water partition coefficient (Wildman–Crippen LogP) is 3.38. The zero-order valence-electron chi connectivity index (χ0n) is 12.9. The molecule has 6 heteroatoms. The van der Waals surface area contributed by atoms with Crippen LogP contribution in [0, 0.1) is 18.3 Å². The molecule has 1 aromatic heterocycles. The summed E-state index contributed by atoms with van der Waals surface area (Å²) >= 11 is 0. The fraction of sp³-hybridized carbons (Fsp3) is 0.353. The molecule has 0 N–H and O–H groups in total. The van der Waals surface area contributed by atoms with Gasteiger partial charge in [-0.2, -0.15) is 9.57 Å². The molecule has 0 bridgehead atoms. The van der Waals surface area contributed by atoms with Gasteiger partial charge in [-0.3, -0.25) is 0 Å². The van der Waals surface area contributed by atoms with Crippen LogP contribution in [-0.2, 0) is 10.0 Å². The molecule has 0 radical (unpaired) electrons. The first-order chi connectivity index (χ1) is 11.1. The van der Waals surface area contributed by atoms with Crippen molar-refractivity contribution in [2.24, 2.45) is 0 Å². The van der Waals surface area contributed by atoms with Crippen LogP contribution in [0.15, 0.2) is 45.9 Å². The third-order valence-electron chi connectivity index (χ3n) is 4.26. The van der Waals surface area contributed by atoms with E-state index in [0.29, 0.717) is 17.9 Å². The molecular formula is C17H18N2O3S. The normalized spacial score (nSPS) is 19.4. The second-order valence-electron chi connectivity index (χ2n) is 5.70. The lowest BCUT2D eigenvalue weighted by molar-refractivity contribution is 0.225. The molecule has 2 heterocycles. The second kappa shape index (κ2) is 6.19. The lowest BCUT2D eigenvalue weighted by atomic mass is 10.0. The van der Waals surface area contributed by atoms with Gasteiger partial charge in [0, 0.05) is 6.54 Å². The smallest absolute Gasteiger partial charge is 0.245 e. The maximum absolute atomic E-state index is 13.2. The lowest BCUT2D eigenvalue weighted by Gasteiger charge is -2.33. The summed E-state index contributed by atoms with van der Waals surface area (Å²) in [6.45, 7) is 2.18. The SMILES string of the molecule is Cc1cccc(S(=O)(=O)N2CCCCC2c2ccco2)c1C#N. The van der Waals surface area contributed by atoms with Crippen LogP contribution in [0.1, 0.15) is 42.2 Å². The highest BCUT2D eigenvalue weighted by molar-refractivity contribution is 7.89. The van der Waals surface area contributed by atoms with Gasteiger partial charge in [0.05, 0.1) is 17.9 Å². The van der Waals surface area contributed by atoms with Crippen molar-refractivity contribution >= 4 is 10.0 Å². The van der Waals surface area contributed by atoms with E-state index in [2.05, 4.69) is 0 Å². The summed E-state index contributed by atoms with van der Waals surface area (Å²) in [5, 5.41) is 9.36. The van der Waals surface area contributed by atoms with Gasteiger partial charge in [0.2, 0.25) is 10.0 Å². The predicted molar refractivity (Wildman–Crippen MR) is 85.1 cm³/mol. The molecule has 120 valence electrons. The third kappa shape index (κ3) is 2.78. The van der Waals surface area contributed by atoms with Crippen LogP contribution >= 0.6 is 0 Å². The molecule has 1 saturated heterocycles. The molecule has 1 aliphatic rings. The molecule has 1 aliphatic heterocycles. The van der Waals surface area contributed by atoms with Gasteiger partial charge >= 0.3 is 0 Å². The van der Waals surface area contributed by atoms with Gasteiger partial charge in [-0.15, -0.1) is 0 Å². The van der Waals surface area contributed by atoms with Crippen molar-refractivity contribution in [1.29, 1.82) is 5.26 Å². The van der Waals surface area contributed by atoms with Crippen LogP contribution in [-0.4, -0.2) is 19.3 Å². The van der Waals surface area contributed by atoms with Crippen molar-refractivity contribution in [3.8, 4) is 6.07 Å². The summed E-state index contributed by atoms with van der Waals surface area (Å²) in [7, 11) is -3.75. The number of rotatable bonds is 3. The molecule has 0 amide bonds. The summed E-state index contributed by atoms with van der Waals surface area (Å²) in [5.74, 6) is 0.652. The van der Waals surface area contributed by atoms with Crippen LogP contribution in [0.4, 0.5) is 0 Å². The average Bonchev–Trinajstić information content (AvgIpc) is 3.09. The highest BCUT2D eigenvalue weighted by Crippen LogP contribution is 2.36. The summed E-state index contributed by atoms with van der Waals surface area (Å²) in [6.07, 6.45) is 4.04. The van der Waals surface area contributed by atoms with E-state index in [1.807, 2.05) is 6.07 Å². The molecule has 0 spiro atoms. The number of piperidine rings is 1. The molecule has 1 fully saturated rings. The minimum atomic E-state index is -3.75. The van der Waals surface area contributed by atoms with E-state index in [0.717, 1.165) is 19.3 Å². The number of furan rings is 1. The zero-order valence-corrected chi connectivity index (χ0v) is 13.7. The first-order valence-corrected chi connectivity index (χ1v) is 9.04. The summed E-state index contributed by atoms with van der Waals surface area (Å²) in [6, 6.07) is 10.2. The number of benzene rings is 1. The molecule has 0 aliphatic carbocycles. The Hall–Kier alpha value is -2.10. The van der Waals surface area contributed by atoms with E-state index in [1.54, 1.807) is 37.5 Å². The maximum Gasteiger partial charge on any atom is 0.245 e. The maximum atomic E-state index is 13.2. The quantitative estimate of drug-likeness (QED) is 0.864. The molecule has 1 aromatic carbocycles. The number of hydrogen-bond acceptors (Lipinski definition) is 4. The van der Waals surface area contributed by atoms with Gasteiger partial charge in [-0.1, -0.05) is 18.6 Å². The van der Waals surface area contributed by atoms with Crippen molar-refractivity contribution < 1.29 is 12.8 Å². The van der Waals surface area contributed by atoms with E-state index in [9.17, 15) is 13.7 Å². The van der Waals surface area contributed by atoms with E-state index in [1.165, 1.54) is 10.4 Å². The van der Waals surface area contributed by atoms with Crippen LogP contribution in [0.25, 0.3) is 0 Å². The van der Waals surface area contributed by atoms with Crippen molar-refractivity contribution in [2.75, 3.05) is 6.54 Å². The second-order valence-corrected chi connectivity index (χ2v) is 7.56. The van der Waals surface area contributed by atoms with Crippen molar-refractivity contribution in [3.05, 3.63) is 53.5 Å². The summed E-state index contributed by atoms with van der Waals surface area (Å²) in [4.78, 5) is 0.0819. The Kier molecular flexibility index (Phi) is 4.24. The molecule has 5 nitrogen and oxygen atoms in total. The molecule has 0 saturated carbocycles. The van der Waals surface area contributed by atoms with E-state index in [-0.39, 0.29) is 16.5 Å². The fourth-order valence-electron chi connectivity index (χ4n) is 3.08. The molecule has 3 rings (SSSR count). The van der Waals surface area contributed by atoms with Gasteiger partial charge < -0.3 is 4.42 Å². The van der Waals surface area contributed by atoms with Gasteiger partial charge in [0.15, 0.2) is 0 Å². The van der Waals surface area contributed by atoms with Crippen molar-refractivity contribution in [3.63, 3.8) is 0 Å². The van der Waals surface area contributed by atoms with E-state index >= 15 is 0 Å². The highest BCUT2D eigenvalue weighted by Gasteiger charge is 2.37.